The fraction of sp³-hybridized carbons (Fsp3) is 0.154. The molecule has 0 aliphatic carbocycles. The van der Waals surface area contributed by atoms with Gasteiger partial charge >= 0.3 is 0 Å². The minimum Gasteiger partial charge on any atom is -0.364 e. The Morgan fingerprint density at radius 3 is 2.64 bits per heavy atom. The molecule has 0 unspecified atom stereocenters. The number of hydrogen-bond donors (Lipinski definition) is 2. The topological polar surface area (TPSA) is 133 Å². The molecule has 0 bridgehead atoms. The summed E-state index contributed by atoms with van der Waals surface area (Å²) >= 11 is 0. The molecule has 2 aromatic rings. The number of primary amides is 1. The molecule has 2 rings (SSSR count). The number of rotatable bonds is 4. The number of hydrogen-bond acceptors (Lipinski definition) is 5. The van der Waals surface area contributed by atoms with E-state index in [9.17, 15) is 19.7 Å². The Kier molecular flexibility index (Phi) is 3.89. The highest BCUT2D eigenvalue weighted by Gasteiger charge is 2.21. The summed E-state index contributed by atoms with van der Waals surface area (Å²) in [5, 5.41) is 13.3. The van der Waals surface area contributed by atoms with Gasteiger partial charge in [-0.15, -0.1) is 0 Å². The lowest BCUT2D eigenvalue weighted by Crippen LogP contribution is -2.22. The molecule has 0 aliphatic heterocycles. The van der Waals surface area contributed by atoms with Crippen LogP contribution in [0.3, 0.4) is 0 Å². The zero-order valence-electron chi connectivity index (χ0n) is 11.9. The van der Waals surface area contributed by atoms with E-state index in [2.05, 4.69) is 10.3 Å². The maximum Gasteiger partial charge on any atom is 0.274 e. The van der Waals surface area contributed by atoms with Crippen molar-refractivity contribution in [1.29, 1.82) is 0 Å². The highest BCUT2D eigenvalue weighted by atomic mass is 16.6. The minimum atomic E-state index is -0.814. The maximum atomic E-state index is 12.2. The molecule has 1 aromatic carbocycles. The van der Waals surface area contributed by atoms with E-state index in [0.29, 0.717) is 11.3 Å². The summed E-state index contributed by atoms with van der Waals surface area (Å²) in [4.78, 5) is 37.5. The van der Waals surface area contributed by atoms with Gasteiger partial charge in [0.1, 0.15) is 5.69 Å². The van der Waals surface area contributed by atoms with Gasteiger partial charge in [0.25, 0.3) is 17.5 Å². The molecule has 0 radical (unpaired) electrons. The Bertz CT molecular complexity index is 781. The molecule has 1 heterocycles. The maximum absolute atomic E-state index is 12.2. The fourth-order valence-electron chi connectivity index (χ4n) is 2.01. The van der Waals surface area contributed by atoms with E-state index in [1.54, 1.807) is 14.0 Å². The van der Waals surface area contributed by atoms with Crippen LogP contribution >= 0.6 is 0 Å². The Balaban J connectivity index is 2.30. The minimum absolute atomic E-state index is 0.0171. The number of nitrogens with one attached hydrogen (secondary N) is 1. The first-order valence-corrected chi connectivity index (χ1v) is 6.18. The lowest BCUT2D eigenvalue weighted by atomic mass is 10.1. The molecule has 0 fully saturated rings. The second kappa shape index (κ2) is 5.64. The van der Waals surface area contributed by atoms with Gasteiger partial charge in [-0.05, 0) is 19.1 Å². The molecular formula is C13H13N5O4. The summed E-state index contributed by atoms with van der Waals surface area (Å²) in [6.07, 6.45) is 1.30. The van der Waals surface area contributed by atoms with Crippen LogP contribution in [0.25, 0.3) is 0 Å². The van der Waals surface area contributed by atoms with E-state index >= 15 is 0 Å². The van der Waals surface area contributed by atoms with Crippen LogP contribution in [0.15, 0.2) is 24.5 Å². The van der Waals surface area contributed by atoms with Crippen molar-refractivity contribution in [1.82, 2.24) is 9.55 Å². The molecule has 0 aliphatic rings. The number of nitrogens with zero attached hydrogens (tertiary/aromatic N) is 3. The number of nitro groups is 1. The van der Waals surface area contributed by atoms with E-state index in [1.165, 1.54) is 29.1 Å². The van der Waals surface area contributed by atoms with Crippen molar-refractivity contribution in [3.8, 4) is 0 Å². The number of carbonyl (C=O) groups excluding carboxylic acids is 2. The van der Waals surface area contributed by atoms with Crippen molar-refractivity contribution in [3.63, 3.8) is 0 Å². The molecular weight excluding hydrogens is 290 g/mol. The Morgan fingerprint density at radius 1 is 1.41 bits per heavy atom. The fourth-order valence-corrected chi connectivity index (χ4v) is 2.01. The van der Waals surface area contributed by atoms with Gasteiger partial charge in [-0.2, -0.15) is 0 Å². The van der Waals surface area contributed by atoms with Gasteiger partial charge in [0.05, 0.1) is 11.3 Å². The smallest absolute Gasteiger partial charge is 0.274 e. The van der Waals surface area contributed by atoms with Crippen molar-refractivity contribution in [2.24, 2.45) is 12.8 Å². The van der Waals surface area contributed by atoms with Crippen LogP contribution in [0, 0.1) is 17.0 Å². The van der Waals surface area contributed by atoms with Crippen LogP contribution in [0.4, 0.5) is 11.4 Å². The lowest BCUT2D eigenvalue weighted by molar-refractivity contribution is -0.385. The first-order valence-electron chi connectivity index (χ1n) is 6.18. The van der Waals surface area contributed by atoms with Crippen LogP contribution < -0.4 is 11.1 Å². The van der Waals surface area contributed by atoms with Crippen molar-refractivity contribution < 1.29 is 14.5 Å². The SMILES string of the molecule is Cc1cc(NC(=O)c2c(C(N)=O)ncn2C)ccc1[N+](=O)[O-]. The average Bonchev–Trinajstić information content (AvgIpc) is 2.80. The van der Waals surface area contributed by atoms with Crippen molar-refractivity contribution in [3.05, 3.63) is 51.6 Å². The molecule has 0 saturated heterocycles. The number of amides is 2. The van der Waals surface area contributed by atoms with Crippen molar-refractivity contribution >= 4 is 23.2 Å². The van der Waals surface area contributed by atoms with E-state index in [-0.39, 0.29) is 17.1 Å². The van der Waals surface area contributed by atoms with Crippen LogP contribution in [-0.2, 0) is 7.05 Å². The summed E-state index contributed by atoms with van der Waals surface area (Å²) in [7, 11) is 1.55. The third-order valence-corrected chi connectivity index (χ3v) is 3.04. The molecule has 2 amide bonds. The van der Waals surface area contributed by atoms with E-state index in [0.717, 1.165) is 0 Å². The molecule has 22 heavy (non-hydrogen) atoms. The standard InChI is InChI=1S/C13H13N5O4/c1-7-5-8(3-4-9(7)18(21)22)16-13(20)11-10(12(14)19)15-6-17(11)2/h3-6H,1-2H3,(H2,14,19)(H,16,20). The second-order valence-electron chi connectivity index (χ2n) is 4.63. The number of imidazole rings is 1. The number of carbonyl (C=O) groups is 2. The van der Waals surface area contributed by atoms with Crippen molar-refractivity contribution in [2.75, 3.05) is 5.32 Å². The third-order valence-electron chi connectivity index (χ3n) is 3.04. The monoisotopic (exact) mass is 303 g/mol. The largest absolute Gasteiger partial charge is 0.364 e. The Morgan fingerprint density at radius 2 is 2.09 bits per heavy atom. The van der Waals surface area contributed by atoms with Crippen molar-refractivity contribution in [2.45, 2.75) is 6.92 Å². The number of nitro benzene ring substituents is 1. The highest BCUT2D eigenvalue weighted by molar-refractivity contribution is 6.10. The molecule has 0 saturated carbocycles. The molecule has 9 nitrogen and oxygen atoms in total. The zero-order chi connectivity index (χ0) is 16.4. The first kappa shape index (κ1) is 15.2. The number of aromatic nitrogens is 2. The lowest BCUT2D eigenvalue weighted by Gasteiger charge is -2.07. The summed E-state index contributed by atoms with van der Waals surface area (Å²) in [5.74, 6) is -1.40. The summed E-state index contributed by atoms with van der Waals surface area (Å²) in [6.45, 7) is 1.56. The predicted octanol–water partition coefficient (Wildman–Crippen LogP) is 0.988. The van der Waals surface area contributed by atoms with Gasteiger partial charge in [0.2, 0.25) is 0 Å². The normalized spacial score (nSPS) is 10.3. The van der Waals surface area contributed by atoms with Gasteiger partial charge in [-0.3, -0.25) is 19.7 Å². The predicted molar refractivity (Wildman–Crippen MR) is 77.5 cm³/mol. The van der Waals surface area contributed by atoms with E-state index < -0.39 is 16.7 Å². The molecule has 1 aromatic heterocycles. The Labute approximate surface area is 124 Å². The second-order valence-corrected chi connectivity index (χ2v) is 4.63. The van der Waals surface area contributed by atoms with Crippen LogP contribution in [0.2, 0.25) is 0 Å². The van der Waals surface area contributed by atoms with Gasteiger partial charge in [-0.25, -0.2) is 4.98 Å². The molecule has 3 N–H and O–H groups in total. The molecule has 9 heteroatoms. The van der Waals surface area contributed by atoms with Gasteiger partial charge < -0.3 is 15.6 Å². The van der Waals surface area contributed by atoms with Crippen LogP contribution in [-0.4, -0.2) is 26.3 Å². The average molecular weight is 303 g/mol. The summed E-state index contributed by atoms with van der Waals surface area (Å²) in [6, 6.07) is 4.17. The van der Waals surface area contributed by atoms with Gasteiger partial charge in [0, 0.05) is 24.4 Å². The van der Waals surface area contributed by atoms with E-state index in [4.69, 9.17) is 5.73 Å². The van der Waals surface area contributed by atoms with E-state index in [1.807, 2.05) is 0 Å². The Hall–Kier alpha value is -3.23. The number of anilines is 1. The number of benzene rings is 1. The van der Waals surface area contributed by atoms with Gasteiger partial charge in [0.15, 0.2) is 5.69 Å². The molecule has 0 spiro atoms. The van der Waals surface area contributed by atoms with Gasteiger partial charge in [-0.1, -0.05) is 0 Å². The van der Waals surface area contributed by atoms with Crippen LogP contribution in [0.1, 0.15) is 26.5 Å². The first-order chi connectivity index (χ1) is 10.3. The number of nitrogens with two attached hydrogens (primary N) is 1. The summed E-state index contributed by atoms with van der Waals surface area (Å²) in [5.41, 5.74) is 5.77. The number of aryl methyl sites for hydroxylation is 2. The zero-order valence-corrected chi connectivity index (χ0v) is 11.9. The highest BCUT2D eigenvalue weighted by Crippen LogP contribution is 2.22. The third kappa shape index (κ3) is 2.77. The molecule has 0 atom stereocenters. The van der Waals surface area contributed by atoms with Crippen LogP contribution in [0.5, 0.6) is 0 Å². The quantitative estimate of drug-likeness (QED) is 0.641. The molecule has 114 valence electrons. The summed E-state index contributed by atoms with van der Waals surface area (Å²) < 4.78 is 1.37.